The van der Waals surface area contributed by atoms with Gasteiger partial charge in [0.05, 0.1) is 19.3 Å². The molecule has 2 rings (SSSR count). The molecule has 6 N–H and O–H groups in total. The van der Waals surface area contributed by atoms with E-state index in [1.165, 1.54) is 12.1 Å². The topological polar surface area (TPSA) is 168 Å². The van der Waals surface area contributed by atoms with Crippen molar-refractivity contribution >= 4 is 23.6 Å². The van der Waals surface area contributed by atoms with E-state index in [-0.39, 0.29) is 36.8 Å². The Bertz CT molecular complexity index is 944. The third-order valence-corrected chi connectivity index (χ3v) is 6.73. The molecule has 0 aromatic heterocycles. The van der Waals surface area contributed by atoms with Crippen LogP contribution >= 0.6 is 0 Å². The summed E-state index contributed by atoms with van der Waals surface area (Å²) in [7, 11) is 0. The number of Topliss-reactive ketones (excluding diaryl/α,β-unsaturated/α-hetero) is 1. The monoisotopic (exact) mass is 519 g/mol. The van der Waals surface area contributed by atoms with Crippen molar-refractivity contribution in [3.05, 3.63) is 29.8 Å². The first-order chi connectivity index (χ1) is 17.3. The van der Waals surface area contributed by atoms with Crippen molar-refractivity contribution in [1.82, 2.24) is 10.6 Å². The second kappa shape index (κ2) is 13.5. The normalized spacial score (nSPS) is 17.7. The van der Waals surface area contributed by atoms with Crippen LogP contribution in [0.4, 0.5) is 0 Å². The molecule has 0 spiro atoms. The van der Waals surface area contributed by atoms with Gasteiger partial charge in [0.15, 0.2) is 0 Å². The number of nitrogens with one attached hydrogen (secondary N) is 2. The number of ether oxygens (including phenoxy) is 1. The lowest BCUT2D eigenvalue weighted by atomic mass is 9.77. The van der Waals surface area contributed by atoms with Gasteiger partial charge in [-0.1, -0.05) is 39.8 Å². The van der Waals surface area contributed by atoms with E-state index in [0.29, 0.717) is 37.5 Å². The third-order valence-electron chi connectivity index (χ3n) is 6.73. The largest absolute Gasteiger partial charge is 0.508 e. The van der Waals surface area contributed by atoms with Crippen LogP contribution in [0.15, 0.2) is 24.3 Å². The van der Waals surface area contributed by atoms with Crippen molar-refractivity contribution in [2.75, 3.05) is 19.8 Å². The molecule has 1 aliphatic rings. The molecule has 37 heavy (non-hydrogen) atoms. The van der Waals surface area contributed by atoms with E-state index in [0.717, 1.165) is 0 Å². The van der Waals surface area contributed by atoms with E-state index >= 15 is 0 Å². The van der Waals surface area contributed by atoms with Crippen molar-refractivity contribution in [3.63, 3.8) is 0 Å². The SMILES string of the molecule is CC(C)C[C@H](N)C(=O)C[C@@H](C)C(=O)NCC1(C[C@@H](C)C(=O)N[C@@H](Cc2ccc(O)cc2)C(=O)O)COC1. The van der Waals surface area contributed by atoms with Crippen LogP contribution in [0, 0.1) is 23.2 Å². The highest BCUT2D eigenvalue weighted by molar-refractivity contribution is 5.89. The van der Waals surface area contributed by atoms with Crippen molar-refractivity contribution < 1.29 is 34.1 Å². The van der Waals surface area contributed by atoms with Crippen LogP contribution in [0.1, 0.15) is 52.5 Å². The quantitative estimate of drug-likeness (QED) is 0.233. The van der Waals surface area contributed by atoms with Gasteiger partial charge in [-0.3, -0.25) is 14.4 Å². The van der Waals surface area contributed by atoms with Gasteiger partial charge in [-0.05, 0) is 36.5 Å². The molecule has 10 heteroatoms. The summed E-state index contributed by atoms with van der Waals surface area (Å²) in [5.41, 5.74) is 6.17. The maximum absolute atomic E-state index is 12.8. The number of carbonyl (C=O) groups excluding carboxylic acids is 3. The summed E-state index contributed by atoms with van der Waals surface area (Å²) in [6, 6.07) is 4.44. The Morgan fingerprint density at radius 2 is 1.65 bits per heavy atom. The Labute approximate surface area is 218 Å². The number of amides is 2. The fourth-order valence-corrected chi connectivity index (χ4v) is 4.44. The summed E-state index contributed by atoms with van der Waals surface area (Å²) in [5.74, 6) is -2.63. The predicted octanol–water partition coefficient (Wildman–Crippen LogP) is 1.63. The summed E-state index contributed by atoms with van der Waals surface area (Å²) in [6.45, 7) is 8.41. The molecule has 0 aliphatic carbocycles. The second-order valence-electron chi connectivity index (χ2n) is 10.9. The number of rotatable bonds is 15. The summed E-state index contributed by atoms with van der Waals surface area (Å²) in [5, 5.41) is 24.5. The molecule has 1 aromatic carbocycles. The Balaban J connectivity index is 1.88. The fourth-order valence-electron chi connectivity index (χ4n) is 4.44. The zero-order chi connectivity index (χ0) is 27.8. The molecular formula is C27H41N3O7. The number of benzene rings is 1. The van der Waals surface area contributed by atoms with Crippen LogP contribution < -0.4 is 16.4 Å². The van der Waals surface area contributed by atoms with E-state index in [1.807, 2.05) is 13.8 Å². The first kappa shape index (κ1) is 30.2. The van der Waals surface area contributed by atoms with Gasteiger partial charge in [-0.2, -0.15) is 0 Å². The highest BCUT2D eigenvalue weighted by Gasteiger charge is 2.42. The standard InChI is InChI=1S/C27H41N3O7/c1-16(2)9-21(28)23(32)10-17(3)24(33)29-13-27(14-37-15-27)12-18(4)25(34)30-22(26(35)36)11-19-5-7-20(31)8-6-19/h5-8,16-18,21-22,31H,9-15,28H2,1-4H3,(H,29,33)(H,30,34)(H,35,36)/t17-,18-,21+,22+/m1/s1. The van der Waals surface area contributed by atoms with Gasteiger partial charge in [0.25, 0.3) is 0 Å². The molecular weight excluding hydrogens is 478 g/mol. The van der Waals surface area contributed by atoms with Crippen molar-refractivity contribution in [2.24, 2.45) is 28.9 Å². The lowest BCUT2D eigenvalue weighted by molar-refractivity contribution is -0.146. The van der Waals surface area contributed by atoms with Crippen LogP contribution in [-0.4, -0.2) is 65.6 Å². The summed E-state index contributed by atoms with van der Waals surface area (Å²) in [6.07, 6.45) is 1.12. The number of aliphatic carboxylic acids is 1. The Morgan fingerprint density at radius 3 is 2.16 bits per heavy atom. The minimum Gasteiger partial charge on any atom is -0.508 e. The van der Waals surface area contributed by atoms with Gasteiger partial charge >= 0.3 is 5.97 Å². The van der Waals surface area contributed by atoms with Gasteiger partial charge in [0, 0.05) is 36.6 Å². The van der Waals surface area contributed by atoms with Gasteiger partial charge in [0.2, 0.25) is 11.8 Å². The summed E-state index contributed by atoms with van der Waals surface area (Å²) in [4.78, 5) is 49.5. The lowest BCUT2D eigenvalue weighted by Gasteiger charge is -2.43. The number of nitrogens with two attached hydrogens (primary N) is 1. The summed E-state index contributed by atoms with van der Waals surface area (Å²) >= 11 is 0. The first-order valence-corrected chi connectivity index (χ1v) is 12.8. The van der Waals surface area contributed by atoms with Gasteiger partial charge in [-0.25, -0.2) is 4.79 Å². The molecule has 10 nitrogen and oxygen atoms in total. The van der Waals surface area contributed by atoms with Crippen molar-refractivity contribution in [3.8, 4) is 5.75 Å². The second-order valence-corrected chi connectivity index (χ2v) is 10.9. The Morgan fingerprint density at radius 1 is 1.03 bits per heavy atom. The van der Waals surface area contributed by atoms with Gasteiger partial charge in [-0.15, -0.1) is 0 Å². The Hall–Kier alpha value is -2.98. The molecule has 0 radical (unpaired) electrons. The molecule has 2 amide bonds. The highest BCUT2D eigenvalue weighted by Crippen LogP contribution is 2.34. The molecule has 0 unspecified atom stereocenters. The number of hydrogen-bond donors (Lipinski definition) is 5. The van der Waals surface area contributed by atoms with Crippen LogP contribution in [0.2, 0.25) is 0 Å². The van der Waals surface area contributed by atoms with E-state index in [4.69, 9.17) is 10.5 Å². The molecule has 1 aromatic rings. The maximum atomic E-state index is 12.8. The number of carbonyl (C=O) groups is 4. The summed E-state index contributed by atoms with van der Waals surface area (Å²) < 4.78 is 5.38. The number of carboxylic acids is 1. The van der Waals surface area contributed by atoms with Crippen molar-refractivity contribution in [2.45, 2.75) is 65.5 Å². The van der Waals surface area contributed by atoms with Gasteiger partial charge in [0.1, 0.15) is 17.6 Å². The van der Waals surface area contributed by atoms with Crippen LogP contribution in [-0.2, 0) is 30.3 Å². The highest BCUT2D eigenvalue weighted by atomic mass is 16.5. The molecule has 206 valence electrons. The van der Waals surface area contributed by atoms with E-state index in [1.54, 1.807) is 26.0 Å². The number of ketones is 1. The molecule has 0 bridgehead atoms. The smallest absolute Gasteiger partial charge is 0.326 e. The average molecular weight is 520 g/mol. The molecule has 4 atom stereocenters. The molecule has 0 saturated carbocycles. The zero-order valence-electron chi connectivity index (χ0n) is 22.2. The fraction of sp³-hybridized carbons (Fsp3) is 0.630. The Kier molecular flexibility index (Phi) is 11.1. The van der Waals surface area contributed by atoms with Gasteiger partial charge < -0.3 is 31.3 Å². The molecule has 1 aliphatic heterocycles. The molecule has 1 heterocycles. The number of aromatic hydroxyl groups is 1. The predicted molar refractivity (Wildman–Crippen MR) is 138 cm³/mol. The van der Waals surface area contributed by atoms with E-state index in [2.05, 4.69) is 10.6 Å². The number of hydrogen-bond acceptors (Lipinski definition) is 7. The minimum atomic E-state index is -1.15. The van der Waals surface area contributed by atoms with Crippen LogP contribution in [0.25, 0.3) is 0 Å². The molecule has 1 saturated heterocycles. The number of phenolic OH excluding ortho intramolecular Hbond substituents is 1. The maximum Gasteiger partial charge on any atom is 0.326 e. The molecule has 1 fully saturated rings. The van der Waals surface area contributed by atoms with E-state index < -0.39 is 41.2 Å². The number of carboxylic acid groups (broad SMARTS) is 1. The van der Waals surface area contributed by atoms with Crippen LogP contribution in [0.3, 0.4) is 0 Å². The van der Waals surface area contributed by atoms with E-state index in [9.17, 15) is 29.4 Å². The lowest BCUT2D eigenvalue weighted by Crippen LogP contribution is -2.54. The minimum absolute atomic E-state index is 0.0691. The first-order valence-electron chi connectivity index (χ1n) is 12.8. The van der Waals surface area contributed by atoms with Crippen LogP contribution in [0.5, 0.6) is 5.75 Å². The third kappa shape index (κ3) is 9.44. The zero-order valence-corrected chi connectivity index (χ0v) is 22.2. The number of phenols is 1. The van der Waals surface area contributed by atoms with Crippen molar-refractivity contribution in [1.29, 1.82) is 0 Å². The average Bonchev–Trinajstić information content (AvgIpc) is 2.80.